The summed E-state index contributed by atoms with van der Waals surface area (Å²) in [7, 11) is 0. The molecule has 4 rings (SSSR count). The monoisotopic (exact) mass is 368 g/mol. The summed E-state index contributed by atoms with van der Waals surface area (Å²) >= 11 is 1.74. The molecule has 3 heteroatoms. The van der Waals surface area contributed by atoms with Crippen molar-refractivity contribution < 1.29 is 0 Å². The van der Waals surface area contributed by atoms with Crippen molar-refractivity contribution >= 4 is 11.8 Å². The fourth-order valence-corrected chi connectivity index (χ4v) is 3.95. The van der Waals surface area contributed by atoms with Crippen LogP contribution in [0.4, 0.5) is 0 Å². The van der Waals surface area contributed by atoms with Crippen LogP contribution in [-0.2, 0) is 0 Å². The normalized spacial score (nSPS) is 10.7. The topological polar surface area (TPSA) is 25.8 Å². The molecule has 0 saturated carbocycles. The third-order valence-electron chi connectivity index (χ3n) is 4.39. The minimum atomic E-state index is 0.918. The van der Waals surface area contributed by atoms with E-state index in [4.69, 9.17) is 0 Å². The van der Waals surface area contributed by atoms with Crippen LogP contribution < -0.4 is 0 Å². The third-order valence-corrected chi connectivity index (χ3v) is 5.24. The molecule has 4 aromatic rings. The molecule has 0 spiro atoms. The Bertz CT molecular complexity index is 1020. The lowest BCUT2D eigenvalue weighted by atomic mass is 9.92. The number of nitrogens with zero attached hydrogens (tertiary/aromatic N) is 2. The number of hydrogen-bond donors (Lipinski definition) is 0. The van der Waals surface area contributed by atoms with E-state index in [0.29, 0.717) is 0 Å². The highest BCUT2D eigenvalue weighted by Crippen LogP contribution is 2.42. The zero-order valence-electron chi connectivity index (χ0n) is 15.2. The largest absolute Gasteiger partial charge is 0.149 e. The van der Waals surface area contributed by atoms with Crippen molar-refractivity contribution in [2.75, 3.05) is 5.75 Å². The molecule has 0 saturated heterocycles. The third kappa shape index (κ3) is 3.64. The van der Waals surface area contributed by atoms with E-state index in [1.807, 2.05) is 30.3 Å². The summed E-state index contributed by atoms with van der Waals surface area (Å²) in [4.78, 5) is 0. The number of hydrogen-bond acceptors (Lipinski definition) is 3. The fraction of sp³-hybridized carbons (Fsp3) is 0.0833. The van der Waals surface area contributed by atoms with Gasteiger partial charge in [-0.25, -0.2) is 0 Å². The summed E-state index contributed by atoms with van der Waals surface area (Å²) < 4.78 is 0. The molecule has 3 aromatic carbocycles. The summed E-state index contributed by atoms with van der Waals surface area (Å²) in [6.07, 6.45) is 0. The maximum Gasteiger partial charge on any atom is 0.127 e. The molecule has 132 valence electrons. The summed E-state index contributed by atoms with van der Waals surface area (Å²) in [5.41, 5.74) is 6.61. The van der Waals surface area contributed by atoms with Crippen LogP contribution in [0.2, 0.25) is 0 Å². The second-order valence-corrected chi connectivity index (χ2v) is 7.39. The van der Waals surface area contributed by atoms with Crippen molar-refractivity contribution in [1.29, 1.82) is 0 Å². The molecule has 0 radical (unpaired) electrons. The number of rotatable bonds is 5. The van der Waals surface area contributed by atoms with Gasteiger partial charge >= 0.3 is 0 Å². The lowest BCUT2D eigenvalue weighted by Gasteiger charge is -2.17. The van der Waals surface area contributed by atoms with E-state index in [9.17, 15) is 0 Å². The summed E-state index contributed by atoms with van der Waals surface area (Å²) in [5.74, 6) is 0.952. The Labute approximate surface area is 164 Å². The Morgan fingerprint density at radius 2 is 1.07 bits per heavy atom. The average Bonchev–Trinajstić information content (AvgIpc) is 2.75. The van der Waals surface area contributed by atoms with Gasteiger partial charge in [0.05, 0.1) is 0 Å². The zero-order chi connectivity index (χ0) is 18.5. The standard InChI is InChI=1S/C24H20N2S/c1-2-27-24-22(19-14-8-4-9-15-19)21(18-12-6-3-7-13-18)23(25-26-24)20-16-10-5-11-17-20/h3-17H,2H2,1H3. The Balaban J connectivity index is 2.08. The lowest BCUT2D eigenvalue weighted by molar-refractivity contribution is 0.942. The summed E-state index contributed by atoms with van der Waals surface area (Å²) in [6.45, 7) is 2.15. The highest BCUT2D eigenvalue weighted by Gasteiger charge is 2.20. The molecule has 2 nitrogen and oxygen atoms in total. The van der Waals surface area contributed by atoms with Crippen molar-refractivity contribution in [2.45, 2.75) is 11.9 Å². The number of aromatic nitrogens is 2. The molecule has 0 N–H and O–H groups in total. The van der Waals surface area contributed by atoms with Gasteiger partial charge in [-0.3, -0.25) is 0 Å². The minimum Gasteiger partial charge on any atom is -0.149 e. The van der Waals surface area contributed by atoms with Crippen molar-refractivity contribution in [3.63, 3.8) is 0 Å². The molecule has 0 aliphatic rings. The maximum absolute atomic E-state index is 4.66. The van der Waals surface area contributed by atoms with Gasteiger partial charge in [-0.15, -0.1) is 22.0 Å². The van der Waals surface area contributed by atoms with Crippen molar-refractivity contribution in [2.24, 2.45) is 0 Å². The highest BCUT2D eigenvalue weighted by atomic mass is 32.2. The van der Waals surface area contributed by atoms with Gasteiger partial charge in [0.25, 0.3) is 0 Å². The molecule has 0 fully saturated rings. The van der Waals surface area contributed by atoms with Gasteiger partial charge in [-0.05, 0) is 16.9 Å². The van der Waals surface area contributed by atoms with Gasteiger partial charge in [-0.2, -0.15) is 0 Å². The van der Waals surface area contributed by atoms with E-state index in [-0.39, 0.29) is 0 Å². The molecular formula is C24H20N2S. The van der Waals surface area contributed by atoms with E-state index in [0.717, 1.165) is 38.7 Å². The van der Waals surface area contributed by atoms with Gasteiger partial charge in [0, 0.05) is 16.7 Å². The molecule has 0 unspecified atom stereocenters. The fourth-order valence-electron chi connectivity index (χ4n) is 3.22. The van der Waals surface area contributed by atoms with Crippen LogP contribution in [0.15, 0.2) is 96.0 Å². The number of benzene rings is 3. The Kier molecular flexibility index (Phi) is 5.31. The Hall–Kier alpha value is -2.91. The quantitative estimate of drug-likeness (QED) is 0.372. The first-order valence-corrected chi connectivity index (χ1v) is 10.1. The first-order chi connectivity index (χ1) is 13.4. The van der Waals surface area contributed by atoms with E-state index >= 15 is 0 Å². The molecule has 0 amide bonds. The second kappa shape index (κ2) is 8.19. The predicted octanol–water partition coefficient (Wildman–Crippen LogP) is 6.59. The van der Waals surface area contributed by atoms with Crippen LogP contribution in [0.5, 0.6) is 0 Å². The van der Waals surface area contributed by atoms with Gasteiger partial charge in [0.1, 0.15) is 10.7 Å². The van der Waals surface area contributed by atoms with Crippen LogP contribution in [-0.4, -0.2) is 16.0 Å². The summed E-state index contributed by atoms with van der Waals surface area (Å²) in [6, 6.07) is 31.3. The van der Waals surface area contributed by atoms with Crippen molar-refractivity contribution in [3.8, 4) is 33.5 Å². The summed E-state index contributed by atoms with van der Waals surface area (Å²) in [5, 5.41) is 10.3. The molecule has 0 bridgehead atoms. The smallest absolute Gasteiger partial charge is 0.127 e. The maximum atomic E-state index is 4.66. The van der Waals surface area contributed by atoms with Crippen LogP contribution in [0.3, 0.4) is 0 Å². The highest BCUT2D eigenvalue weighted by molar-refractivity contribution is 7.99. The van der Waals surface area contributed by atoms with E-state index in [1.54, 1.807) is 11.8 Å². The van der Waals surface area contributed by atoms with E-state index < -0.39 is 0 Å². The molecule has 0 atom stereocenters. The number of thioether (sulfide) groups is 1. The first-order valence-electron chi connectivity index (χ1n) is 9.08. The van der Waals surface area contributed by atoms with Crippen molar-refractivity contribution in [3.05, 3.63) is 91.0 Å². The molecule has 1 heterocycles. The molecule has 0 aliphatic heterocycles. The Morgan fingerprint density at radius 3 is 1.59 bits per heavy atom. The lowest BCUT2D eigenvalue weighted by Crippen LogP contribution is -2.00. The van der Waals surface area contributed by atoms with Crippen LogP contribution >= 0.6 is 11.8 Å². The molecule has 27 heavy (non-hydrogen) atoms. The second-order valence-electron chi connectivity index (χ2n) is 6.13. The van der Waals surface area contributed by atoms with Crippen LogP contribution in [0.25, 0.3) is 33.5 Å². The predicted molar refractivity (Wildman–Crippen MR) is 115 cm³/mol. The first kappa shape index (κ1) is 17.5. The molecule has 1 aromatic heterocycles. The van der Waals surface area contributed by atoms with Crippen LogP contribution in [0.1, 0.15) is 6.92 Å². The van der Waals surface area contributed by atoms with Gasteiger partial charge in [0.15, 0.2) is 0 Å². The SMILES string of the molecule is CCSc1nnc(-c2ccccc2)c(-c2ccccc2)c1-c1ccccc1. The minimum absolute atomic E-state index is 0.918. The van der Waals surface area contributed by atoms with E-state index in [2.05, 4.69) is 77.8 Å². The average molecular weight is 369 g/mol. The van der Waals surface area contributed by atoms with Gasteiger partial charge in [-0.1, -0.05) is 97.9 Å². The van der Waals surface area contributed by atoms with Crippen molar-refractivity contribution in [1.82, 2.24) is 10.2 Å². The van der Waals surface area contributed by atoms with Gasteiger partial charge < -0.3 is 0 Å². The van der Waals surface area contributed by atoms with E-state index in [1.165, 1.54) is 5.56 Å². The Morgan fingerprint density at radius 1 is 0.593 bits per heavy atom. The zero-order valence-corrected chi connectivity index (χ0v) is 16.0. The molecular weight excluding hydrogens is 348 g/mol. The molecule has 0 aliphatic carbocycles. The van der Waals surface area contributed by atoms with Crippen LogP contribution in [0, 0.1) is 0 Å². The van der Waals surface area contributed by atoms with Gasteiger partial charge in [0.2, 0.25) is 0 Å².